The Bertz CT molecular complexity index is 589. The highest BCUT2D eigenvalue weighted by Crippen LogP contribution is 2.71. The van der Waals surface area contributed by atoms with E-state index in [1.165, 1.54) is 0 Å². The third-order valence-corrected chi connectivity index (χ3v) is 10.4. The maximum Gasteiger partial charge on any atom is 0.345 e. The predicted octanol–water partition coefficient (Wildman–Crippen LogP) is 6.08. The molecule has 0 radical (unpaired) electrons. The van der Waals surface area contributed by atoms with Crippen molar-refractivity contribution in [1.82, 2.24) is 0 Å². The highest BCUT2D eigenvalue weighted by molar-refractivity contribution is 14.1. The average molecular weight is 518 g/mol. The summed E-state index contributed by atoms with van der Waals surface area (Å²) in [6, 6.07) is 7.98. The Kier molecular flexibility index (Phi) is 11.2. The van der Waals surface area contributed by atoms with E-state index in [2.05, 4.69) is 22.6 Å². The molecule has 0 unspecified atom stereocenters. The Morgan fingerprint density at radius 1 is 0.885 bits per heavy atom. The monoisotopic (exact) mass is 518 g/mol. The van der Waals surface area contributed by atoms with Crippen molar-refractivity contribution in [1.29, 1.82) is 0 Å². The van der Waals surface area contributed by atoms with Crippen LogP contribution in [-0.4, -0.2) is 31.8 Å². The van der Waals surface area contributed by atoms with Crippen molar-refractivity contribution in [3.63, 3.8) is 0 Å². The molecule has 0 aliphatic rings. The fourth-order valence-electron chi connectivity index (χ4n) is 2.62. The topological polar surface area (TPSA) is 71.1 Å². The van der Waals surface area contributed by atoms with Gasteiger partial charge in [0.05, 0.1) is 26.4 Å². The van der Waals surface area contributed by atoms with Crippen molar-refractivity contribution in [2.45, 2.75) is 45.9 Å². The quantitative estimate of drug-likeness (QED) is 0.233. The molecule has 9 heteroatoms. The summed E-state index contributed by atoms with van der Waals surface area (Å²) >= 11 is 2.24. The second-order valence-electron chi connectivity index (χ2n) is 5.40. The van der Waals surface area contributed by atoms with Gasteiger partial charge in [0.2, 0.25) is 0 Å². The lowest BCUT2D eigenvalue weighted by Crippen LogP contribution is -2.18. The predicted molar refractivity (Wildman–Crippen MR) is 113 cm³/mol. The zero-order valence-electron chi connectivity index (χ0n) is 15.9. The van der Waals surface area contributed by atoms with Crippen LogP contribution >= 0.6 is 37.8 Å². The number of aryl methyl sites for hydroxylation is 1. The summed E-state index contributed by atoms with van der Waals surface area (Å²) in [5.41, 5.74) is 1.06. The Balaban J connectivity index is 3.21. The van der Waals surface area contributed by atoms with E-state index in [0.717, 1.165) is 9.13 Å². The van der Waals surface area contributed by atoms with Crippen LogP contribution in [0.1, 0.15) is 39.7 Å². The number of hydrogen-bond donors (Lipinski definition) is 0. The smallest absolute Gasteiger partial charge is 0.308 e. The average Bonchev–Trinajstić information content (AvgIpc) is 2.55. The highest BCUT2D eigenvalue weighted by Gasteiger charge is 2.50. The third kappa shape index (κ3) is 7.01. The Morgan fingerprint density at radius 2 is 1.35 bits per heavy atom. The minimum atomic E-state index is -3.67. The van der Waals surface area contributed by atoms with Gasteiger partial charge in [0.15, 0.2) is 5.40 Å². The molecule has 0 heterocycles. The van der Waals surface area contributed by atoms with Crippen molar-refractivity contribution in [2.24, 2.45) is 0 Å². The molecule has 150 valence electrons. The van der Waals surface area contributed by atoms with E-state index in [0.29, 0.717) is 12.8 Å². The second-order valence-corrected chi connectivity index (χ2v) is 11.5. The van der Waals surface area contributed by atoms with Gasteiger partial charge in [-0.3, -0.25) is 9.13 Å². The molecule has 0 aliphatic heterocycles. The second kappa shape index (κ2) is 11.9. The normalized spacial score (nSPS) is 12.7. The number of rotatable bonds is 13. The lowest BCUT2D eigenvalue weighted by molar-refractivity contribution is 0.194. The van der Waals surface area contributed by atoms with Gasteiger partial charge < -0.3 is 18.1 Å². The van der Waals surface area contributed by atoms with Gasteiger partial charge in [0.1, 0.15) is 0 Å². The molecule has 6 nitrogen and oxygen atoms in total. The standard InChI is InChI=1S/C17H29IO6P2/c1-5-21-25(19,22-6-2)17(26(20,23-7-3)24-8-4)13-12-15-10-9-11-16(18)14-15/h9-11,14,17H,5-8,12-13H2,1-4H3. The van der Waals surface area contributed by atoms with Gasteiger partial charge in [-0.1, -0.05) is 12.1 Å². The molecule has 0 atom stereocenters. The molecular formula is C17H29IO6P2. The summed E-state index contributed by atoms with van der Waals surface area (Å²) in [5, 5.41) is -0.965. The minimum Gasteiger partial charge on any atom is -0.308 e. The summed E-state index contributed by atoms with van der Waals surface area (Å²) in [6.07, 6.45) is 0.879. The van der Waals surface area contributed by atoms with Gasteiger partial charge in [-0.25, -0.2) is 0 Å². The van der Waals surface area contributed by atoms with Crippen LogP contribution in [0.5, 0.6) is 0 Å². The molecule has 0 aliphatic carbocycles. The van der Waals surface area contributed by atoms with Gasteiger partial charge in [-0.15, -0.1) is 0 Å². The first-order chi connectivity index (χ1) is 12.3. The van der Waals surface area contributed by atoms with Crippen LogP contribution in [-0.2, 0) is 33.6 Å². The van der Waals surface area contributed by atoms with Crippen LogP contribution in [0.2, 0.25) is 0 Å². The van der Waals surface area contributed by atoms with E-state index in [9.17, 15) is 9.13 Å². The van der Waals surface area contributed by atoms with Crippen molar-refractivity contribution >= 4 is 37.8 Å². The molecule has 0 spiro atoms. The molecule has 26 heavy (non-hydrogen) atoms. The van der Waals surface area contributed by atoms with Gasteiger partial charge in [-0.2, -0.15) is 0 Å². The maximum atomic E-state index is 13.4. The molecule has 0 fully saturated rings. The Hall–Kier alpha value is 0.250. The van der Waals surface area contributed by atoms with E-state index >= 15 is 0 Å². The molecule has 1 aromatic rings. The molecular weight excluding hydrogens is 489 g/mol. The number of benzene rings is 1. The van der Waals surface area contributed by atoms with Crippen molar-refractivity contribution in [3.05, 3.63) is 33.4 Å². The molecule has 0 saturated carbocycles. The fourth-order valence-corrected chi connectivity index (χ4v) is 8.58. The molecule has 0 bridgehead atoms. The van der Waals surface area contributed by atoms with E-state index < -0.39 is 20.6 Å². The summed E-state index contributed by atoms with van der Waals surface area (Å²) in [6.45, 7) is 7.68. The van der Waals surface area contributed by atoms with Crippen LogP contribution in [0.15, 0.2) is 24.3 Å². The number of halogens is 1. The first-order valence-electron chi connectivity index (χ1n) is 8.87. The molecule has 0 amide bonds. The van der Waals surface area contributed by atoms with Crippen LogP contribution < -0.4 is 0 Å². The van der Waals surface area contributed by atoms with Gasteiger partial charge >= 0.3 is 15.2 Å². The first-order valence-corrected chi connectivity index (χ1v) is 13.2. The van der Waals surface area contributed by atoms with Crippen LogP contribution in [0.25, 0.3) is 0 Å². The molecule has 1 rings (SSSR count). The molecule has 0 aromatic heterocycles. The van der Waals surface area contributed by atoms with Gasteiger partial charge in [0, 0.05) is 3.57 Å². The maximum absolute atomic E-state index is 13.4. The zero-order chi connectivity index (χ0) is 19.6. The summed E-state index contributed by atoms with van der Waals surface area (Å²) < 4.78 is 49.9. The Morgan fingerprint density at radius 3 is 1.73 bits per heavy atom. The third-order valence-electron chi connectivity index (χ3n) is 3.55. The van der Waals surface area contributed by atoms with E-state index in [4.69, 9.17) is 18.1 Å². The summed E-state index contributed by atoms with van der Waals surface area (Å²) in [7, 11) is -7.35. The van der Waals surface area contributed by atoms with E-state index in [1.807, 2.05) is 24.3 Å². The van der Waals surface area contributed by atoms with Crippen LogP contribution in [0.4, 0.5) is 0 Å². The largest absolute Gasteiger partial charge is 0.345 e. The van der Waals surface area contributed by atoms with Crippen molar-refractivity contribution in [3.8, 4) is 0 Å². The summed E-state index contributed by atoms with van der Waals surface area (Å²) in [5.74, 6) is 0. The van der Waals surface area contributed by atoms with Crippen molar-refractivity contribution < 1.29 is 27.2 Å². The SMILES string of the molecule is CCOP(=O)(OCC)C(CCc1cccc(I)c1)P(=O)(OCC)OCC. The highest BCUT2D eigenvalue weighted by atomic mass is 127. The lowest BCUT2D eigenvalue weighted by Gasteiger charge is -2.31. The van der Waals surface area contributed by atoms with Gasteiger partial charge in [0.25, 0.3) is 0 Å². The first kappa shape index (κ1) is 24.3. The van der Waals surface area contributed by atoms with Gasteiger partial charge in [-0.05, 0) is 80.8 Å². The molecule has 0 N–H and O–H groups in total. The van der Waals surface area contributed by atoms with Crippen LogP contribution in [0.3, 0.4) is 0 Å². The molecule has 1 aromatic carbocycles. The zero-order valence-corrected chi connectivity index (χ0v) is 19.8. The Labute approximate surface area is 170 Å². The van der Waals surface area contributed by atoms with E-state index in [-0.39, 0.29) is 26.4 Å². The fraction of sp³-hybridized carbons (Fsp3) is 0.647. The summed E-state index contributed by atoms with van der Waals surface area (Å²) in [4.78, 5) is 0. The van der Waals surface area contributed by atoms with Crippen molar-refractivity contribution in [2.75, 3.05) is 26.4 Å². The molecule has 0 saturated heterocycles. The van der Waals surface area contributed by atoms with E-state index in [1.54, 1.807) is 27.7 Å². The van der Waals surface area contributed by atoms with Crippen LogP contribution in [0, 0.1) is 3.57 Å². The lowest BCUT2D eigenvalue weighted by atomic mass is 10.1. The number of hydrogen-bond acceptors (Lipinski definition) is 6. The minimum absolute atomic E-state index is 0.190.